The van der Waals surface area contributed by atoms with Crippen molar-refractivity contribution in [3.8, 4) is 0 Å². The Morgan fingerprint density at radius 2 is 1.45 bits per heavy atom. The molecule has 0 spiro atoms. The molecule has 0 saturated heterocycles. The lowest BCUT2D eigenvalue weighted by atomic mass is 10.3. The molecule has 3 aromatic rings. The topological polar surface area (TPSA) is 65.2 Å². The average Bonchev–Trinajstić information content (AvgIpc) is 2.52. The second-order valence-electron chi connectivity index (χ2n) is 2.16. The fraction of sp³-hybridized carbons (Fsp3) is 0. The molecule has 0 radical (unpaired) electrons. The minimum absolute atomic E-state index is 0.376. The summed E-state index contributed by atoms with van der Waals surface area (Å²) in [6.07, 6.45) is 3.14. The van der Waals surface area contributed by atoms with Crippen molar-refractivity contribution in [2.24, 2.45) is 0 Å². The molecule has 0 bridgehead atoms. The number of rotatable bonds is 0. The second kappa shape index (κ2) is 1.45. The Labute approximate surface area is 59.5 Å². The summed E-state index contributed by atoms with van der Waals surface area (Å²) in [5, 5.41) is 8.69. The number of hydrogen-bond donors (Lipinski definition) is 0. The predicted octanol–water partition coefficient (Wildman–Crippen LogP) is 1.56. The number of aromatic nitrogens is 2. The van der Waals surface area contributed by atoms with Crippen LogP contribution in [0, 0.1) is 0 Å². The van der Waals surface area contributed by atoms with Gasteiger partial charge in [-0.25, -0.2) is 0 Å². The van der Waals surface area contributed by atoms with Crippen molar-refractivity contribution in [1.82, 2.24) is 10.3 Å². The lowest BCUT2D eigenvalue weighted by molar-refractivity contribution is 0.354. The third-order valence-corrected chi connectivity index (χ3v) is 1.55. The van der Waals surface area contributed by atoms with E-state index >= 15 is 0 Å². The van der Waals surface area contributed by atoms with Crippen LogP contribution in [-0.4, -0.2) is 10.3 Å². The van der Waals surface area contributed by atoms with E-state index in [4.69, 9.17) is 13.5 Å². The standard InChI is InChI=1S/C6H2N2O3/c1-3-4-2-8-11-6(4)9-5(3)10-7-1/h1-2H. The zero-order valence-corrected chi connectivity index (χ0v) is 5.27. The first-order valence-corrected chi connectivity index (χ1v) is 3.03. The zero-order valence-electron chi connectivity index (χ0n) is 5.27. The van der Waals surface area contributed by atoms with Crippen LogP contribution in [0.3, 0.4) is 0 Å². The molecule has 3 aromatic heterocycles. The van der Waals surface area contributed by atoms with Crippen LogP contribution in [-0.2, 0) is 0 Å². The van der Waals surface area contributed by atoms with Gasteiger partial charge in [0.15, 0.2) is 0 Å². The normalized spacial score (nSPS) is 11.6. The SMILES string of the molecule is c1noc2oc3oncc3c12. The maximum atomic E-state index is 5.07. The predicted molar refractivity (Wildman–Crippen MR) is 33.8 cm³/mol. The van der Waals surface area contributed by atoms with Crippen LogP contribution < -0.4 is 0 Å². The summed E-state index contributed by atoms with van der Waals surface area (Å²) >= 11 is 0. The molecule has 0 aliphatic rings. The van der Waals surface area contributed by atoms with Gasteiger partial charge in [-0.05, 0) is 0 Å². The molecule has 0 amide bonds. The van der Waals surface area contributed by atoms with Gasteiger partial charge in [-0.1, -0.05) is 10.3 Å². The van der Waals surface area contributed by atoms with Crippen molar-refractivity contribution >= 4 is 22.3 Å². The fourth-order valence-corrected chi connectivity index (χ4v) is 1.05. The van der Waals surface area contributed by atoms with Gasteiger partial charge in [0, 0.05) is 0 Å². The van der Waals surface area contributed by atoms with E-state index in [2.05, 4.69) is 10.3 Å². The summed E-state index contributed by atoms with van der Waals surface area (Å²) in [5.74, 6) is 0.752. The van der Waals surface area contributed by atoms with E-state index in [1.165, 1.54) is 0 Å². The van der Waals surface area contributed by atoms with Gasteiger partial charge in [0.1, 0.15) is 0 Å². The third-order valence-electron chi connectivity index (χ3n) is 1.55. The van der Waals surface area contributed by atoms with Crippen LogP contribution in [0.5, 0.6) is 0 Å². The summed E-state index contributed by atoms with van der Waals surface area (Å²) in [6, 6.07) is 0. The summed E-state index contributed by atoms with van der Waals surface area (Å²) in [4.78, 5) is 0. The number of hydrogen-bond acceptors (Lipinski definition) is 5. The minimum atomic E-state index is 0.376. The number of nitrogens with zero attached hydrogens (tertiary/aromatic N) is 2. The smallest absolute Gasteiger partial charge is 0.327 e. The van der Waals surface area contributed by atoms with Gasteiger partial charge in [-0.3, -0.25) is 0 Å². The van der Waals surface area contributed by atoms with Crippen LogP contribution in [0.15, 0.2) is 25.9 Å². The molecule has 54 valence electrons. The molecule has 3 rings (SSSR count). The fourth-order valence-electron chi connectivity index (χ4n) is 1.05. The summed E-state index contributed by atoms with van der Waals surface area (Å²) in [5.41, 5.74) is 0. The molecule has 0 atom stereocenters. The quantitative estimate of drug-likeness (QED) is 0.486. The molecule has 5 heteroatoms. The summed E-state index contributed by atoms with van der Waals surface area (Å²) in [6.45, 7) is 0. The molecule has 3 heterocycles. The van der Waals surface area contributed by atoms with E-state index in [0.717, 1.165) is 10.8 Å². The summed E-state index contributed by atoms with van der Waals surface area (Å²) < 4.78 is 14.6. The Bertz CT molecular complexity index is 459. The molecule has 11 heavy (non-hydrogen) atoms. The molecule has 5 nitrogen and oxygen atoms in total. The Kier molecular flexibility index (Phi) is 0.650. The van der Waals surface area contributed by atoms with E-state index < -0.39 is 0 Å². The third kappa shape index (κ3) is 0.463. The molecule has 0 N–H and O–H groups in total. The minimum Gasteiger partial charge on any atom is -0.388 e. The van der Waals surface area contributed by atoms with Crippen LogP contribution in [0.1, 0.15) is 0 Å². The highest BCUT2D eigenvalue weighted by Crippen LogP contribution is 2.27. The molecule has 0 unspecified atom stereocenters. The van der Waals surface area contributed by atoms with Crippen molar-refractivity contribution < 1.29 is 13.5 Å². The Morgan fingerprint density at radius 1 is 0.909 bits per heavy atom. The number of fused-ring (bicyclic) bond motifs is 3. The van der Waals surface area contributed by atoms with Crippen molar-refractivity contribution in [2.75, 3.05) is 0 Å². The van der Waals surface area contributed by atoms with Gasteiger partial charge in [-0.2, -0.15) is 0 Å². The maximum Gasteiger partial charge on any atom is 0.327 e. The van der Waals surface area contributed by atoms with Gasteiger partial charge in [0.05, 0.1) is 23.2 Å². The van der Waals surface area contributed by atoms with Gasteiger partial charge in [0.25, 0.3) is 0 Å². The Morgan fingerprint density at radius 3 is 2.00 bits per heavy atom. The first-order valence-electron chi connectivity index (χ1n) is 3.03. The van der Waals surface area contributed by atoms with Crippen molar-refractivity contribution in [1.29, 1.82) is 0 Å². The van der Waals surface area contributed by atoms with Crippen LogP contribution >= 0.6 is 0 Å². The lowest BCUT2D eigenvalue weighted by Gasteiger charge is -1.68. The van der Waals surface area contributed by atoms with E-state index in [1.807, 2.05) is 0 Å². The van der Waals surface area contributed by atoms with Crippen molar-refractivity contribution in [3.63, 3.8) is 0 Å². The lowest BCUT2D eigenvalue weighted by Crippen LogP contribution is -1.50. The van der Waals surface area contributed by atoms with Gasteiger partial charge in [0.2, 0.25) is 0 Å². The van der Waals surface area contributed by atoms with Crippen LogP contribution in [0.4, 0.5) is 0 Å². The Hall–Kier alpha value is -1.78. The molecule has 0 aliphatic heterocycles. The Balaban J connectivity index is 2.75. The maximum absolute atomic E-state index is 5.07. The van der Waals surface area contributed by atoms with Gasteiger partial charge in [-0.15, -0.1) is 0 Å². The van der Waals surface area contributed by atoms with E-state index in [0.29, 0.717) is 11.6 Å². The molecule has 0 aliphatic carbocycles. The van der Waals surface area contributed by atoms with Crippen LogP contribution in [0.2, 0.25) is 0 Å². The summed E-state index contributed by atoms with van der Waals surface area (Å²) in [7, 11) is 0. The van der Waals surface area contributed by atoms with E-state index in [-0.39, 0.29) is 0 Å². The van der Waals surface area contributed by atoms with Gasteiger partial charge >= 0.3 is 11.6 Å². The highest BCUT2D eigenvalue weighted by Gasteiger charge is 2.12. The highest BCUT2D eigenvalue weighted by molar-refractivity contribution is 5.99. The first kappa shape index (κ1) is 4.95. The largest absolute Gasteiger partial charge is 0.388 e. The zero-order chi connectivity index (χ0) is 7.26. The molecular weight excluding hydrogens is 148 g/mol. The van der Waals surface area contributed by atoms with Crippen LogP contribution in [0.25, 0.3) is 22.3 Å². The second-order valence-corrected chi connectivity index (χ2v) is 2.16. The van der Waals surface area contributed by atoms with Gasteiger partial charge < -0.3 is 13.5 Å². The first-order chi connectivity index (χ1) is 5.45. The monoisotopic (exact) mass is 150 g/mol. The average molecular weight is 150 g/mol. The highest BCUT2D eigenvalue weighted by atomic mass is 16.6. The molecule has 0 aromatic carbocycles. The molecular formula is C6H2N2O3. The number of furan rings is 1. The van der Waals surface area contributed by atoms with E-state index in [9.17, 15) is 0 Å². The molecule has 0 saturated carbocycles. The van der Waals surface area contributed by atoms with E-state index in [1.54, 1.807) is 12.4 Å². The molecule has 0 fully saturated rings. The van der Waals surface area contributed by atoms with Crippen molar-refractivity contribution in [2.45, 2.75) is 0 Å². The van der Waals surface area contributed by atoms with Crippen molar-refractivity contribution in [3.05, 3.63) is 12.4 Å².